The lowest BCUT2D eigenvalue weighted by Gasteiger charge is -2.43. The summed E-state index contributed by atoms with van der Waals surface area (Å²) in [6.07, 6.45) is 9.43. The van der Waals surface area contributed by atoms with E-state index in [0.29, 0.717) is 30.0 Å². The lowest BCUT2D eigenvalue weighted by molar-refractivity contribution is -0.0515. The molecule has 3 aliphatic rings. The number of carbonyl (C=O) groups is 1. The van der Waals surface area contributed by atoms with Gasteiger partial charge in [-0.25, -0.2) is 4.98 Å². The Balaban J connectivity index is 1.19. The third-order valence-electron chi connectivity index (χ3n) is 8.91. The Morgan fingerprint density at radius 2 is 1.78 bits per heavy atom. The monoisotopic (exact) mass is 547 g/mol. The second kappa shape index (κ2) is 8.93. The van der Waals surface area contributed by atoms with Gasteiger partial charge in [-0.3, -0.25) is 9.78 Å². The van der Waals surface area contributed by atoms with E-state index in [2.05, 4.69) is 20.3 Å². The number of aliphatic hydroxyl groups is 1. The van der Waals surface area contributed by atoms with Gasteiger partial charge in [-0.05, 0) is 37.7 Å². The van der Waals surface area contributed by atoms with Gasteiger partial charge in [0.15, 0.2) is 5.65 Å². The topological polar surface area (TPSA) is 151 Å². The van der Waals surface area contributed by atoms with Crippen molar-refractivity contribution in [1.29, 1.82) is 0 Å². The number of rotatable bonds is 5. The Hall–Kier alpha value is -4.64. The van der Waals surface area contributed by atoms with Crippen LogP contribution in [-0.2, 0) is 5.60 Å². The van der Waals surface area contributed by atoms with Crippen LogP contribution in [0.15, 0.2) is 61.2 Å². The van der Waals surface area contributed by atoms with E-state index in [1.807, 2.05) is 53.6 Å². The summed E-state index contributed by atoms with van der Waals surface area (Å²) in [4.78, 5) is 27.8. The summed E-state index contributed by atoms with van der Waals surface area (Å²) in [5.41, 5.74) is 11.3. The number of nitrogens with two attached hydrogens (primary N) is 1. The first kappa shape index (κ1) is 24.2. The molecular weight excluding hydrogens is 518 g/mol. The second-order valence-electron chi connectivity index (χ2n) is 11.5. The summed E-state index contributed by atoms with van der Waals surface area (Å²) >= 11 is 0. The number of nitrogen functional groups attached to an aromatic ring is 1. The molecule has 1 aliphatic carbocycles. The summed E-state index contributed by atoms with van der Waals surface area (Å²) in [6, 6.07) is 13.8. The number of carbonyl (C=O) groups excluding carboxylic acids is 1. The average Bonchev–Trinajstić information content (AvgIpc) is 3.37. The third-order valence-corrected chi connectivity index (χ3v) is 8.91. The van der Waals surface area contributed by atoms with Gasteiger partial charge in [-0.2, -0.15) is 9.61 Å². The molecule has 3 atom stereocenters. The molecule has 206 valence electrons. The first-order valence-electron chi connectivity index (χ1n) is 14.1. The van der Waals surface area contributed by atoms with Gasteiger partial charge in [0.05, 0.1) is 17.6 Å². The van der Waals surface area contributed by atoms with Gasteiger partial charge < -0.3 is 20.7 Å². The van der Waals surface area contributed by atoms with E-state index in [-0.39, 0.29) is 29.7 Å². The SMILES string of the molecule is Nc1c(C2CC2)c([C@]2(O)C[C@H]3CC[C@@H](C2)N3C(=O)c2nnc[nH]2)nc2c(-c3ccc(-c4ccccc4)nc3)cnn12. The number of aromatic nitrogens is 7. The van der Waals surface area contributed by atoms with E-state index in [1.54, 1.807) is 10.7 Å². The summed E-state index contributed by atoms with van der Waals surface area (Å²) in [5.74, 6) is 0.822. The van der Waals surface area contributed by atoms with Gasteiger partial charge in [0.2, 0.25) is 5.82 Å². The molecule has 1 amide bonds. The van der Waals surface area contributed by atoms with Gasteiger partial charge >= 0.3 is 0 Å². The number of aromatic amines is 1. The maximum atomic E-state index is 13.2. The predicted molar refractivity (Wildman–Crippen MR) is 151 cm³/mol. The van der Waals surface area contributed by atoms with Crippen LogP contribution in [0.4, 0.5) is 5.82 Å². The molecule has 6 heterocycles. The highest BCUT2D eigenvalue weighted by Crippen LogP contribution is 2.52. The van der Waals surface area contributed by atoms with Crippen molar-refractivity contribution in [2.45, 2.75) is 62.1 Å². The van der Waals surface area contributed by atoms with Crippen molar-refractivity contribution in [2.24, 2.45) is 0 Å². The minimum absolute atomic E-state index is 0.123. The lowest BCUT2D eigenvalue weighted by Crippen LogP contribution is -2.52. The number of nitrogens with one attached hydrogen (secondary N) is 1. The highest BCUT2D eigenvalue weighted by atomic mass is 16.3. The number of hydrogen-bond donors (Lipinski definition) is 3. The van der Waals surface area contributed by atoms with E-state index in [0.717, 1.165) is 53.6 Å². The molecule has 4 aromatic heterocycles. The smallest absolute Gasteiger partial charge is 0.292 e. The van der Waals surface area contributed by atoms with Gasteiger partial charge in [-0.1, -0.05) is 36.4 Å². The van der Waals surface area contributed by atoms with Crippen molar-refractivity contribution in [3.63, 3.8) is 0 Å². The normalized spacial score (nSPS) is 23.8. The number of nitrogens with zero attached hydrogens (tertiary/aromatic N) is 7. The van der Waals surface area contributed by atoms with Crippen LogP contribution in [0.3, 0.4) is 0 Å². The van der Waals surface area contributed by atoms with Crippen LogP contribution >= 0.6 is 0 Å². The molecule has 41 heavy (non-hydrogen) atoms. The van der Waals surface area contributed by atoms with Crippen LogP contribution in [0.2, 0.25) is 0 Å². The highest BCUT2D eigenvalue weighted by molar-refractivity contribution is 5.91. The molecule has 5 aromatic rings. The molecule has 0 unspecified atom stereocenters. The Kier molecular flexibility index (Phi) is 5.27. The number of benzene rings is 1. The largest absolute Gasteiger partial charge is 0.383 e. The Labute approximate surface area is 235 Å². The molecule has 1 aromatic carbocycles. The summed E-state index contributed by atoms with van der Waals surface area (Å²) in [7, 11) is 0. The molecule has 1 saturated carbocycles. The van der Waals surface area contributed by atoms with Gasteiger partial charge in [0.1, 0.15) is 17.7 Å². The van der Waals surface area contributed by atoms with Crippen LogP contribution in [0.25, 0.3) is 28.0 Å². The van der Waals surface area contributed by atoms with Crippen molar-refractivity contribution >= 4 is 17.4 Å². The minimum atomic E-state index is -1.21. The fourth-order valence-corrected chi connectivity index (χ4v) is 6.88. The fourth-order valence-electron chi connectivity index (χ4n) is 6.88. The maximum absolute atomic E-state index is 13.2. The van der Waals surface area contributed by atoms with Crippen LogP contribution in [0, 0.1) is 0 Å². The summed E-state index contributed by atoms with van der Waals surface area (Å²) < 4.78 is 1.69. The molecular formula is C30H29N9O2. The van der Waals surface area contributed by atoms with Crippen molar-refractivity contribution in [3.8, 4) is 22.4 Å². The fraction of sp³-hybridized carbons (Fsp3) is 0.333. The number of H-pyrrole nitrogens is 1. The van der Waals surface area contributed by atoms with E-state index < -0.39 is 5.60 Å². The van der Waals surface area contributed by atoms with E-state index >= 15 is 0 Å². The number of anilines is 1. The first-order valence-corrected chi connectivity index (χ1v) is 14.1. The molecule has 2 saturated heterocycles. The van der Waals surface area contributed by atoms with Crippen molar-refractivity contribution in [3.05, 3.63) is 78.3 Å². The van der Waals surface area contributed by atoms with Crippen LogP contribution < -0.4 is 5.73 Å². The summed E-state index contributed by atoms with van der Waals surface area (Å²) in [5, 5.41) is 24.6. The van der Waals surface area contributed by atoms with Crippen molar-refractivity contribution in [1.82, 2.24) is 39.7 Å². The molecule has 3 fully saturated rings. The van der Waals surface area contributed by atoms with Gasteiger partial charge in [-0.15, -0.1) is 10.2 Å². The predicted octanol–water partition coefficient (Wildman–Crippen LogP) is 3.69. The molecule has 2 bridgehead atoms. The summed E-state index contributed by atoms with van der Waals surface area (Å²) in [6.45, 7) is 0. The zero-order valence-electron chi connectivity index (χ0n) is 22.3. The highest BCUT2D eigenvalue weighted by Gasteiger charge is 2.53. The van der Waals surface area contributed by atoms with Gasteiger partial charge in [0, 0.05) is 53.4 Å². The number of hydrogen-bond acceptors (Lipinski definition) is 8. The zero-order valence-corrected chi connectivity index (χ0v) is 22.3. The number of fused-ring (bicyclic) bond motifs is 3. The maximum Gasteiger partial charge on any atom is 0.292 e. The van der Waals surface area contributed by atoms with Crippen LogP contribution in [-0.4, -0.2) is 62.8 Å². The number of amides is 1. The minimum Gasteiger partial charge on any atom is -0.383 e. The lowest BCUT2D eigenvalue weighted by atomic mass is 9.80. The van der Waals surface area contributed by atoms with E-state index in [1.165, 1.54) is 6.33 Å². The Bertz CT molecular complexity index is 1750. The zero-order chi connectivity index (χ0) is 27.7. The van der Waals surface area contributed by atoms with Crippen LogP contribution in [0.5, 0.6) is 0 Å². The quantitative estimate of drug-likeness (QED) is 0.301. The number of piperidine rings is 1. The van der Waals surface area contributed by atoms with E-state index in [9.17, 15) is 9.90 Å². The van der Waals surface area contributed by atoms with Gasteiger partial charge in [0.25, 0.3) is 5.91 Å². The van der Waals surface area contributed by atoms with Crippen molar-refractivity contribution < 1.29 is 9.90 Å². The molecule has 0 radical (unpaired) electrons. The Morgan fingerprint density at radius 3 is 2.44 bits per heavy atom. The number of pyridine rings is 1. The molecule has 11 nitrogen and oxygen atoms in total. The third kappa shape index (κ3) is 3.83. The van der Waals surface area contributed by atoms with E-state index in [4.69, 9.17) is 15.7 Å². The molecule has 11 heteroatoms. The second-order valence-corrected chi connectivity index (χ2v) is 11.5. The first-order chi connectivity index (χ1) is 20.0. The van der Waals surface area contributed by atoms with Crippen LogP contribution in [0.1, 0.15) is 66.3 Å². The average molecular weight is 548 g/mol. The molecule has 8 rings (SSSR count). The van der Waals surface area contributed by atoms with Crippen molar-refractivity contribution in [2.75, 3.05) is 5.73 Å². The molecule has 0 spiro atoms. The standard InChI is InChI=1S/C30H29N9O2/c31-26-24(18-6-7-18)25(30(41)12-20-9-10-21(13-30)38(20)29(40)27-33-16-34-37-27)36-28-22(15-35-39(26)28)19-8-11-23(32-14-19)17-4-2-1-3-5-17/h1-5,8,11,14-16,18,20-21,41H,6-7,9-10,12-13,31H2,(H,33,34,37)/t20-,21+,30+. The Morgan fingerprint density at radius 1 is 1.00 bits per heavy atom. The molecule has 2 aliphatic heterocycles. The molecule has 4 N–H and O–H groups in total.